The molecule has 216 valence electrons. The molecule has 0 aliphatic heterocycles. The predicted octanol–water partition coefficient (Wildman–Crippen LogP) is 2.87. The first kappa shape index (κ1) is 32.1. The summed E-state index contributed by atoms with van der Waals surface area (Å²) in [6.45, 7) is 4.12. The van der Waals surface area contributed by atoms with Gasteiger partial charge in [-0.15, -0.1) is 0 Å². The number of hydrogen-bond acceptors (Lipinski definition) is 7. The molecule has 2 atom stereocenters. The van der Waals surface area contributed by atoms with E-state index in [1.165, 1.54) is 35.5 Å². The number of ether oxygens (including phenoxy) is 1. The lowest BCUT2D eigenvalue weighted by Gasteiger charge is -2.31. The Labute approximate surface area is 232 Å². The molecular weight excluding hydrogens is 520 g/mol. The molecule has 2 rings (SSSR count). The van der Waals surface area contributed by atoms with E-state index in [-0.39, 0.29) is 29.9 Å². The number of hydrogen-bond donors (Lipinski definition) is 3. The lowest BCUT2D eigenvalue weighted by molar-refractivity contribution is -0.125. The zero-order valence-corrected chi connectivity index (χ0v) is 24.1. The van der Waals surface area contributed by atoms with Gasteiger partial charge in [0.15, 0.2) is 0 Å². The molecule has 2 aromatic rings. The lowest BCUT2D eigenvalue weighted by Crippen LogP contribution is -2.49. The number of sulfonamides is 1. The minimum absolute atomic E-state index is 0.0512. The number of nitrogens with two attached hydrogens (primary N) is 1. The largest absolute Gasteiger partial charge is 0.453 e. The number of aliphatic hydroxyl groups excluding tert-OH is 1. The molecule has 4 N–H and O–H groups in total. The summed E-state index contributed by atoms with van der Waals surface area (Å²) in [5, 5.41) is 13.0. The van der Waals surface area contributed by atoms with Crippen molar-refractivity contribution in [3.05, 3.63) is 60.2 Å². The van der Waals surface area contributed by atoms with E-state index in [0.29, 0.717) is 37.9 Å². The molecule has 0 fully saturated rings. The molecule has 0 aromatic heterocycles. The minimum Gasteiger partial charge on any atom is -0.453 e. The monoisotopic (exact) mass is 562 g/mol. The van der Waals surface area contributed by atoms with E-state index in [1.807, 2.05) is 44.2 Å². The molecule has 0 bridgehead atoms. The fraction of sp³-hybridized carbons (Fsp3) is 0.500. The average Bonchev–Trinajstić information content (AvgIpc) is 2.92. The van der Waals surface area contributed by atoms with Crippen LogP contribution < -0.4 is 11.1 Å². The Bertz CT molecular complexity index is 1140. The number of aliphatic hydroxyl groups is 1. The highest BCUT2D eigenvalue weighted by molar-refractivity contribution is 7.89. The van der Waals surface area contributed by atoms with Crippen LogP contribution in [-0.4, -0.2) is 80.7 Å². The molecule has 2 aromatic carbocycles. The van der Waals surface area contributed by atoms with Crippen LogP contribution >= 0.6 is 0 Å². The van der Waals surface area contributed by atoms with Gasteiger partial charge in [-0.3, -0.25) is 9.69 Å². The van der Waals surface area contributed by atoms with E-state index in [2.05, 4.69) is 5.32 Å². The third-order valence-corrected chi connectivity index (χ3v) is 8.35. The Hall–Kier alpha value is -3.15. The van der Waals surface area contributed by atoms with Crippen LogP contribution in [0.3, 0.4) is 0 Å². The van der Waals surface area contributed by atoms with Gasteiger partial charge in [0.25, 0.3) is 0 Å². The van der Waals surface area contributed by atoms with E-state index in [9.17, 15) is 23.1 Å². The van der Waals surface area contributed by atoms with Crippen molar-refractivity contribution in [2.24, 2.45) is 5.92 Å². The quantitative estimate of drug-likeness (QED) is 0.224. The summed E-state index contributed by atoms with van der Waals surface area (Å²) >= 11 is 0. The SMILES string of the molecule is COC(=O)N(C)[C@H](Cc1ccccc1)C(=O)NCCCC[C@@H](CO)N(CC(C)C)S(=O)(=O)c1ccc(N)cc1. The first-order chi connectivity index (χ1) is 18.5. The topological polar surface area (TPSA) is 142 Å². The van der Waals surface area contributed by atoms with E-state index in [4.69, 9.17) is 10.5 Å². The number of benzene rings is 2. The maximum atomic E-state index is 13.4. The van der Waals surface area contributed by atoms with Gasteiger partial charge in [-0.25, -0.2) is 13.2 Å². The molecule has 0 saturated carbocycles. The molecule has 0 aliphatic carbocycles. The number of rotatable bonds is 15. The molecular formula is C28H42N4O6S. The number of amides is 2. The molecule has 0 aliphatic rings. The maximum absolute atomic E-state index is 13.4. The fourth-order valence-corrected chi connectivity index (χ4v) is 6.06. The van der Waals surface area contributed by atoms with Crippen molar-refractivity contribution in [2.75, 3.05) is 39.6 Å². The predicted molar refractivity (Wildman–Crippen MR) is 151 cm³/mol. The third kappa shape index (κ3) is 9.52. The smallest absolute Gasteiger partial charge is 0.409 e. The van der Waals surface area contributed by atoms with Gasteiger partial charge >= 0.3 is 6.09 Å². The second-order valence-electron chi connectivity index (χ2n) is 9.95. The standard InChI is InChI=1S/C28H42N4O6S/c1-21(2)19-32(39(36,37)25-15-13-23(29)14-16-25)24(20-33)12-8-9-17-30-27(34)26(31(3)28(35)38-4)18-22-10-6-5-7-11-22/h5-7,10-11,13-16,21,24,26,33H,8-9,12,17-20,29H2,1-4H3,(H,30,34)/t24-,26+/m0/s1. The first-order valence-corrected chi connectivity index (χ1v) is 14.6. The van der Waals surface area contributed by atoms with Crippen LogP contribution in [0.25, 0.3) is 0 Å². The summed E-state index contributed by atoms with van der Waals surface area (Å²) in [6, 6.07) is 14.1. The Morgan fingerprint density at radius 3 is 2.26 bits per heavy atom. The van der Waals surface area contributed by atoms with Crippen molar-refractivity contribution in [2.45, 2.75) is 56.5 Å². The van der Waals surface area contributed by atoms with Crippen LogP contribution in [0.5, 0.6) is 0 Å². The second kappa shape index (κ2) is 15.4. The van der Waals surface area contributed by atoms with Gasteiger partial charge in [0.05, 0.1) is 18.6 Å². The summed E-state index contributed by atoms with van der Waals surface area (Å²) < 4.78 is 33.0. The second-order valence-corrected chi connectivity index (χ2v) is 11.8. The number of likely N-dealkylation sites (N-methyl/N-ethyl adjacent to an activating group) is 1. The van der Waals surface area contributed by atoms with Crippen LogP contribution in [0.2, 0.25) is 0 Å². The minimum atomic E-state index is -3.84. The van der Waals surface area contributed by atoms with Crippen LogP contribution in [0, 0.1) is 5.92 Å². The third-order valence-electron chi connectivity index (χ3n) is 6.42. The molecule has 0 spiro atoms. The van der Waals surface area contributed by atoms with Crippen LogP contribution in [0.15, 0.2) is 59.5 Å². The van der Waals surface area contributed by atoms with Crippen molar-refractivity contribution in [1.82, 2.24) is 14.5 Å². The Morgan fingerprint density at radius 1 is 1.05 bits per heavy atom. The van der Waals surface area contributed by atoms with Crippen LogP contribution in [0.1, 0.15) is 38.7 Å². The normalized spacial score (nSPS) is 13.2. The lowest BCUT2D eigenvalue weighted by atomic mass is 10.0. The number of nitrogens with one attached hydrogen (secondary N) is 1. The van der Waals surface area contributed by atoms with Crippen molar-refractivity contribution in [3.8, 4) is 0 Å². The van der Waals surface area contributed by atoms with Gasteiger partial charge in [-0.05, 0) is 48.6 Å². The van der Waals surface area contributed by atoms with E-state index in [1.54, 1.807) is 12.1 Å². The number of anilines is 1. The molecule has 0 heterocycles. The van der Waals surface area contributed by atoms with Gasteiger partial charge in [-0.1, -0.05) is 50.6 Å². The molecule has 39 heavy (non-hydrogen) atoms. The summed E-state index contributed by atoms with van der Waals surface area (Å²) in [4.78, 5) is 26.5. The van der Waals surface area contributed by atoms with Gasteiger partial charge in [0.1, 0.15) is 6.04 Å². The molecule has 10 nitrogen and oxygen atoms in total. The highest BCUT2D eigenvalue weighted by atomic mass is 32.2. The van der Waals surface area contributed by atoms with Gasteiger partial charge in [0.2, 0.25) is 15.9 Å². The summed E-state index contributed by atoms with van der Waals surface area (Å²) in [5.41, 5.74) is 7.10. The van der Waals surface area contributed by atoms with E-state index < -0.39 is 28.2 Å². The molecule has 0 saturated heterocycles. The number of nitrogen functional groups attached to an aromatic ring is 1. The maximum Gasteiger partial charge on any atom is 0.409 e. The Morgan fingerprint density at radius 2 is 1.69 bits per heavy atom. The van der Waals surface area contributed by atoms with Crippen molar-refractivity contribution < 1.29 is 27.9 Å². The number of carbonyl (C=O) groups is 2. The van der Waals surface area contributed by atoms with Crippen LogP contribution in [-0.2, 0) is 26.0 Å². The summed E-state index contributed by atoms with van der Waals surface area (Å²) in [5.74, 6) is -0.256. The highest BCUT2D eigenvalue weighted by Gasteiger charge is 2.32. The van der Waals surface area contributed by atoms with Gasteiger partial charge < -0.3 is 20.9 Å². The number of unbranched alkanes of at least 4 members (excludes halogenated alkanes) is 1. The van der Waals surface area contributed by atoms with E-state index >= 15 is 0 Å². The average molecular weight is 563 g/mol. The summed E-state index contributed by atoms with van der Waals surface area (Å²) in [6.07, 6.45) is 1.29. The number of carbonyl (C=O) groups excluding carboxylic acids is 2. The van der Waals surface area contributed by atoms with Gasteiger partial charge in [-0.2, -0.15) is 4.31 Å². The first-order valence-electron chi connectivity index (χ1n) is 13.1. The van der Waals surface area contributed by atoms with E-state index in [0.717, 1.165) is 5.56 Å². The molecule has 11 heteroatoms. The fourth-order valence-electron chi connectivity index (χ4n) is 4.25. The zero-order chi connectivity index (χ0) is 29.0. The van der Waals surface area contributed by atoms with Crippen molar-refractivity contribution in [3.63, 3.8) is 0 Å². The Kier molecular flexibility index (Phi) is 12.7. The van der Waals surface area contributed by atoms with Gasteiger partial charge in [0, 0.05) is 38.3 Å². The van der Waals surface area contributed by atoms with Crippen molar-refractivity contribution >= 4 is 27.7 Å². The zero-order valence-electron chi connectivity index (χ0n) is 23.2. The molecule has 0 unspecified atom stereocenters. The number of methoxy groups -OCH3 is 1. The number of nitrogens with zero attached hydrogens (tertiary/aromatic N) is 2. The Balaban J connectivity index is 2.01. The molecule has 0 radical (unpaired) electrons. The molecule has 2 amide bonds. The van der Waals surface area contributed by atoms with Crippen molar-refractivity contribution in [1.29, 1.82) is 0 Å². The highest BCUT2D eigenvalue weighted by Crippen LogP contribution is 2.23. The van der Waals surface area contributed by atoms with Crippen LogP contribution in [0.4, 0.5) is 10.5 Å². The summed E-state index contributed by atoms with van der Waals surface area (Å²) in [7, 11) is -1.05.